The number of rotatable bonds is 2. The van der Waals surface area contributed by atoms with Crippen molar-refractivity contribution in [1.29, 1.82) is 0 Å². The van der Waals surface area contributed by atoms with Gasteiger partial charge in [0.05, 0.1) is 5.52 Å². The summed E-state index contributed by atoms with van der Waals surface area (Å²) in [5, 5.41) is 17.6. The largest absolute Gasteiger partial charge is 0.396 e. The van der Waals surface area contributed by atoms with E-state index in [0.29, 0.717) is 11.9 Å². The Kier molecular flexibility index (Phi) is 3.06. The maximum Gasteiger partial charge on any atom is 0.245 e. The topological polar surface area (TPSA) is 62.1 Å². The minimum absolute atomic E-state index is 0.234. The molecule has 1 saturated heterocycles. The summed E-state index contributed by atoms with van der Waals surface area (Å²) >= 11 is 0. The fraction of sp³-hybridized carbons (Fsp3) is 0.462. The lowest BCUT2D eigenvalue weighted by Crippen LogP contribution is -2.38. The maximum absolute atomic E-state index is 9.24. The van der Waals surface area contributed by atoms with Crippen LogP contribution in [0.25, 0.3) is 11.0 Å². The molecule has 1 aliphatic heterocycles. The molecule has 3 rings (SSSR count). The Morgan fingerprint density at radius 3 is 2.89 bits per heavy atom. The molecule has 0 radical (unpaired) electrons. The molecule has 0 bridgehead atoms. The Bertz CT molecular complexity index is 545. The zero-order valence-electron chi connectivity index (χ0n) is 10.2. The molecule has 5 nitrogen and oxygen atoms in total. The van der Waals surface area contributed by atoms with E-state index >= 15 is 0 Å². The highest BCUT2D eigenvalue weighted by Crippen LogP contribution is 2.20. The average molecular weight is 244 g/mol. The summed E-state index contributed by atoms with van der Waals surface area (Å²) in [7, 11) is 0. The Hall–Kier alpha value is -1.75. The van der Waals surface area contributed by atoms with Gasteiger partial charge in [-0.2, -0.15) is 0 Å². The Balaban J connectivity index is 1.89. The van der Waals surface area contributed by atoms with Gasteiger partial charge in [-0.3, -0.25) is 0 Å². The Labute approximate surface area is 105 Å². The third kappa shape index (κ3) is 2.13. The minimum atomic E-state index is 0.234. The highest BCUT2D eigenvalue weighted by molar-refractivity contribution is 5.74. The number of nitrogens with zero attached hydrogens (tertiary/aromatic N) is 4. The van der Waals surface area contributed by atoms with Crippen LogP contribution in [0, 0.1) is 5.92 Å². The van der Waals surface area contributed by atoms with E-state index in [1.54, 1.807) is 0 Å². The third-order valence-corrected chi connectivity index (χ3v) is 3.41. The molecule has 5 heteroatoms. The van der Waals surface area contributed by atoms with E-state index < -0.39 is 0 Å². The summed E-state index contributed by atoms with van der Waals surface area (Å²) in [6.45, 7) is 1.99. The molecule has 1 N–H and O–H groups in total. The summed E-state index contributed by atoms with van der Waals surface area (Å²) in [5.74, 6) is 1.00. The molecule has 2 heterocycles. The monoisotopic (exact) mass is 244 g/mol. The molecule has 0 saturated carbocycles. The van der Waals surface area contributed by atoms with Gasteiger partial charge in [0.25, 0.3) is 0 Å². The molecule has 0 aliphatic carbocycles. The number of hydrogen-bond acceptors (Lipinski definition) is 5. The van der Waals surface area contributed by atoms with Gasteiger partial charge >= 0.3 is 0 Å². The number of fused-ring (bicyclic) bond motifs is 1. The van der Waals surface area contributed by atoms with Gasteiger partial charge in [0.2, 0.25) is 5.95 Å². The zero-order valence-corrected chi connectivity index (χ0v) is 10.2. The molecule has 1 aromatic carbocycles. The normalized spacial score (nSPS) is 20.3. The summed E-state index contributed by atoms with van der Waals surface area (Å²) in [6.07, 6.45) is 2.15. The lowest BCUT2D eigenvalue weighted by atomic mass is 9.99. The van der Waals surface area contributed by atoms with Gasteiger partial charge in [-0.1, -0.05) is 12.1 Å². The first-order chi connectivity index (χ1) is 8.86. The second kappa shape index (κ2) is 4.86. The number of hydrogen-bond donors (Lipinski definition) is 1. The molecule has 1 aromatic heterocycles. The van der Waals surface area contributed by atoms with Gasteiger partial charge in [-0.05, 0) is 30.9 Å². The van der Waals surface area contributed by atoms with Crippen molar-refractivity contribution in [3.05, 3.63) is 24.3 Å². The van der Waals surface area contributed by atoms with Crippen molar-refractivity contribution in [3.8, 4) is 0 Å². The van der Waals surface area contributed by atoms with Crippen molar-refractivity contribution >= 4 is 17.0 Å². The van der Waals surface area contributed by atoms with Crippen molar-refractivity contribution in [2.24, 2.45) is 5.92 Å². The Morgan fingerprint density at radius 1 is 1.22 bits per heavy atom. The number of piperidine rings is 1. The molecule has 0 spiro atoms. The molecule has 94 valence electrons. The van der Waals surface area contributed by atoms with E-state index in [9.17, 15) is 5.11 Å². The number of aromatic nitrogens is 3. The van der Waals surface area contributed by atoms with Gasteiger partial charge in [-0.25, -0.2) is 4.98 Å². The summed E-state index contributed by atoms with van der Waals surface area (Å²) in [6, 6.07) is 7.74. The number of benzene rings is 1. The summed E-state index contributed by atoms with van der Waals surface area (Å²) in [4.78, 5) is 6.65. The fourth-order valence-corrected chi connectivity index (χ4v) is 2.40. The first-order valence-corrected chi connectivity index (χ1v) is 6.32. The van der Waals surface area contributed by atoms with Crippen molar-refractivity contribution in [2.45, 2.75) is 12.8 Å². The molecule has 1 fully saturated rings. The van der Waals surface area contributed by atoms with Crippen LogP contribution in [0.1, 0.15) is 12.8 Å². The van der Waals surface area contributed by atoms with Crippen LogP contribution in [0.4, 0.5) is 5.95 Å². The van der Waals surface area contributed by atoms with E-state index in [1.165, 1.54) is 0 Å². The van der Waals surface area contributed by atoms with Gasteiger partial charge in [0.15, 0.2) is 0 Å². The van der Waals surface area contributed by atoms with Gasteiger partial charge in [0.1, 0.15) is 5.52 Å². The average Bonchev–Trinajstić information content (AvgIpc) is 2.47. The highest BCUT2D eigenvalue weighted by Gasteiger charge is 2.21. The maximum atomic E-state index is 9.24. The van der Waals surface area contributed by atoms with Crippen LogP contribution in [0.15, 0.2) is 24.3 Å². The first-order valence-electron chi connectivity index (χ1n) is 6.32. The molecule has 18 heavy (non-hydrogen) atoms. The standard InChI is InChI=1S/C13H16N4O/c18-9-10-4-3-7-17(8-10)13-14-11-5-1-2-6-12(11)15-16-13/h1-2,5-6,10,18H,3-4,7-9H2. The van der Waals surface area contributed by atoms with Crippen molar-refractivity contribution in [1.82, 2.24) is 15.2 Å². The lowest BCUT2D eigenvalue weighted by Gasteiger charge is -2.31. The smallest absolute Gasteiger partial charge is 0.245 e. The SMILES string of the molecule is OCC1CCCN(c2nnc3ccccc3n2)C1. The predicted molar refractivity (Wildman–Crippen MR) is 69.4 cm³/mol. The minimum Gasteiger partial charge on any atom is -0.396 e. The fourth-order valence-electron chi connectivity index (χ4n) is 2.40. The molecular weight excluding hydrogens is 228 g/mol. The quantitative estimate of drug-likeness (QED) is 0.861. The molecule has 0 amide bonds. The van der Waals surface area contributed by atoms with Crippen LogP contribution in [0.5, 0.6) is 0 Å². The molecule has 1 atom stereocenters. The number of anilines is 1. The summed E-state index contributed by atoms with van der Waals surface area (Å²) in [5.41, 5.74) is 1.69. The van der Waals surface area contributed by atoms with Crippen LogP contribution in [0.2, 0.25) is 0 Å². The number of aliphatic hydroxyl groups is 1. The molecule has 2 aromatic rings. The van der Waals surface area contributed by atoms with Crippen LogP contribution >= 0.6 is 0 Å². The van der Waals surface area contributed by atoms with E-state index in [4.69, 9.17) is 0 Å². The summed E-state index contributed by atoms with van der Waals surface area (Å²) < 4.78 is 0. The first kappa shape index (κ1) is 11.3. The van der Waals surface area contributed by atoms with E-state index in [-0.39, 0.29) is 6.61 Å². The van der Waals surface area contributed by atoms with Crippen LogP contribution in [-0.4, -0.2) is 40.0 Å². The van der Waals surface area contributed by atoms with Crippen LogP contribution in [0.3, 0.4) is 0 Å². The van der Waals surface area contributed by atoms with Crippen LogP contribution in [-0.2, 0) is 0 Å². The number of para-hydroxylation sites is 1. The highest BCUT2D eigenvalue weighted by atomic mass is 16.3. The molecular formula is C13H16N4O. The molecule has 1 unspecified atom stereocenters. The van der Waals surface area contributed by atoms with Gasteiger partial charge < -0.3 is 10.0 Å². The lowest BCUT2D eigenvalue weighted by molar-refractivity contribution is 0.208. The zero-order chi connectivity index (χ0) is 12.4. The van der Waals surface area contributed by atoms with Gasteiger partial charge in [0, 0.05) is 19.7 Å². The second-order valence-electron chi connectivity index (χ2n) is 4.74. The van der Waals surface area contributed by atoms with Crippen molar-refractivity contribution in [3.63, 3.8) is 0 Å². The van der Waals surface area contributed by atoms with Gasteiger partial charge in [-0.15, -0.1) is 10.2 Å². The van der Waals surface area contributed by atoms with E-state index in [1.807, 2.05) is 24.3 Å². The molecule has 1 aliphatic rings. The predicted octanol–water partition coefficient (Wildman–Crippen LogP) is 1.23. The van der Waals surface area contributed by atoms with Crippen LogP contribution < -0.4 is 4.90 Å². The van der Waals surface area contributed by atoms with E-state index in [0.717, 1.165) is 37.0 Å². The third-order valence-electron chi connectivity index (χ3n) is 3.41. The Morgan fingerprint density at radius 2 is 2.06 bits per heavy atom. The van der Waals surface area contributed by atoms with E-state index in [2.05, 4.69) is 20.1 Å². The van der Waals surface area contributed by atoms with Crippen molar-refractivity contribution < 1.29 is 5.11 Å². The number of aliphatic hydroxyl groups excluding tert-OH is 1. The second-order valence-corrected chi connectivity index (χ2v) is 4.74. The van der Waals surface area contributed by atoms with Crippen molar-refractivity contribution in [2.75, 3.05) is 24.6 Å².